The Bertz CT molecular complexity index is 129. The monoisotopic (exact) mass is 138 g/mol. The minimum absolute atomic E-state index is 0.530. The van der Waals surface area contributed by atoms with Crippen molar-refractivity contribution in [3.8, 4) is 0 Å². The Hall–Kier alpha value is -0.520. The second kappa shape index (κ2) is 4.32. The van der Waals surface area contributed by atoms with Crippen molar-refractivity contribution >= 4 is 0 Å². The molecule has 0 nitrogen and oxygen atoms in total. The van der Waals surface area contributed by atoms with Gasteiger partial charge in [-0.25, -0.2) is 0 Å². The van der Waals surface area contributed by atoms with Crippen molar-refractivity contribution in [1.29, 1.82) is 0 Å². The van der Waals surface area contributed by atoms with Crippen molar-refractivity contribution in [2.45, 2.75) is 27.7 Å². The fourth-order valence-electron chi connectivity index (χ4n) is 0.553. The van der Waals surface area contributed by atoms with E-state index in [4.69, 9.17) is 0 Å². The van der Waals surface area contributed by atoms with E-state index >= 15 is 0 Å². The Balaban J connectivity index is 3.77. The normalized spacial score (nSPS) is 14.5. The molecule has 1 atom stereocenters. The van der Waals surface area contributed by atoms with Crippen LogP contribution < -0.4 is 0 Å². The fraction of sp³-hybridized carbons (Fsp3) is 0.600. The molecule has 0 heterocycles. The second-order valence-corrected chi connectivity index (χ2v) is 3.26. The highest BCUT2D eigenvalue weighted by Gasteiger charge is 1.95. The number of hydrogen-bond acceptors (Lipinski definition) is 0. The second-order valence-electron chi connectivity index (χ2n) is 3.26. The topological polar surface area (TPSA) is 0 Å². The van der Waals surface area contributed by atoms with Gasteiger partial charge in [0.15, 0.2) is 0 Å². The highest BCUT2D eigenvalue weighted by Crippen LogP contribution is 2.09. The van der Waals surface area contributed by atoms with Crippen LogP contribution in [-0.2, 0) is 0 Å². The lowest BCUT2D eigenvalue weighted by atomic mass is 10.0. The van der Waals surface area contributed by atoms with E-state index < -0.39 is 0 Å². The fourth-order valence-corrected chi connectivity index (χ4v) is 0.553. The zero-order chi connectivity index (χ0) is 8.15. The lowest BCUT2D eigenvalue weighted by Crippen LogP contribution is -1.90. The van der Waals surface area contributed by atoms with Gasteiger partial charge in [-0.2, -0.15) is 0 Å². The van der Waals surface area contributed by atoms with Gasteiger partial charge in [-0.3, -0.25) is 0 Å². The molecule has 0 amide bonds. The smallest absolute Gasteiger partial charge is 0.00570 e. The van der Waals surface area contributed by atoms with E-state index in [1.165, 1.54) is 5.57 Å². The molecule has 0 radical (unpaired) electrons. The first-order chi connectivity index (χ1) is 4.54. The maximum absolute atomic E-state index is 3.88. The standard InChI is InChI=1S/C10H18/c1-8(2)6-7-10(5)9(3)4/h6-8,10H,3H2,1-2,4-5H3. The van der Waals surface area contributed by atoms with Crippen LogP contribution >= 0.6 is 0 Å². The molecule has 0 saturated heterocycles. The molecule has 0 heteroatoms. The van der Waals surface area contributed by atoms with E-state index in [0.717, 1.165) is 0 Å². The van der Waals surface area contributed by atoms with Crippen molar-refractivity contribution < 1.29 is 0 Å². The third-order valence-electron chi connectivity index (χ3n) is 1.56. The van der Waals surface area contributed by atoms with Crippen molar-refractivity contribution in [3.05, 3.63) is 24.3 Å². The van der Waals surface area contributed by atoms with Crippen LogP contribution in [-0.4, -0.2) is 0 Å². The SMILES string of the molecule is C=C(C)C(C)C=CC(C)C. The molecule has 0 aliphatic rings. The van der Waals surface area contributed by atoms with Crippen LogP contribution in [0.3, 0.4) is 0 Å². The zero-order valence-electron chi connectivity index (χ0n) is 7.52. The summed E-state index contributed by atoms with van der Waals surface area (Å²) in [5.74, 6) is 1.18. The van der Waals surface area contributed by atoms with E-state index in [9.17, 15) is 0 Å². The van der Waals surface area contributed by atoms with Gasteiger partial charge in [0.1, 0.15) is 0 Å². The first-order valence-electron chi connectivity index (χ1n) is 3.87. The third-order valence-corrected chi connectivity index (χ3v) is 1.56. The van der Waals surface area contributed by atoms with E-state index in [0.29, 0.717) is 11.8 Å². The zero-order valence-corrected chi connectivity index (χ0v) is 7.52. The Labute approximate surface area is 64.6 Å². The van der Waals surface area contributed by atoms with Crippen LogP contribution in [0, 0.1) is 11.8 Å². The maximum atomic E-state index is 3.88. The molecule has 0 aromatic carbocycles. The Morgan fingerprint density at radius 1 is 1.20 bits per heavy atom. The van der Waals surface area contributed by atoms with Crippen LogP contribution in [0.1, 0.15) is 27.7 Å². The molecule has 0 bridgehead atoms. The van der Waals surface area contributed by atoms with Gasteiger partial charge in [0.25, 0.3) is 0 Å². The van der Waals surface area contributed by atoms with Crippen LogP contribution in [0.15, 0.2) is 24.3 Å². The molecular weight excluding hydrogens is 120 g/mol. The Morgan fingerprint density at radius 2 is 1.70 bits per heavy atom. The van der Waals surface area contributed by atoms with Gasteiger partial charge >= 0.3 is 0 Å². The molecule has 10 heavy (non-hydrogen) atoms. The molecule has 0 spiro atoms. The van der Waals surface area contributed by atoms with Crippen molar-refractivity contribution in [1.82, 2.24) is 0 Å². The van der Waals surface area contributed by atoms with Gasteiger partial charge in [-0.15, -0.1) is 0 Å². The summed E-state index contributed by atoms with van der Waals surface area (Å²) in [6, 6.07) is 0. The van der Waals surface area contributed by atoms with Crippen molar-refractivity contribution in [3.63, 3.8) is 0 Å². The predicted octanol–water partition coefficient (Wildman–Crippen LogP) is 3.41. The molecule has 0 saturated carbocycles. The molecule has 1 unspecified atom stereocenters. The average Bonchev–Trinajstić information content (AvgIpc) is 1.82. The highest BCUT2D eigenvalue weighted by atomic mass is 14.0. The molecule has 0 aromatic rings. The minimum atomic E-state index is 0.530. The molecule has 0 rings (SSSR count). The largest absolute Gasteiger partial charge is 0.0996 e. The van der Waals surface area contributed by atoms with Gasteiger partial charge in [0.2, 0.25) is 0 Å². The molecule has 0 aliphatic heterocycles. The average molecular weight is 138 g/mol. The summed E-state index contributed by atoms with van der Waals surface area (Å²) in [5, 5.41) is 0. The summed E-state index contributed by atoms with van der Waals surface area (Å²) >= 11 is 0. The Morgan fingerprint density at radius 3 is 2.00 bits per heavy atom. The van der Waals surface area contributed by atoms with Gasteiger partial charge in [-0.1, -0.05) is 45.1 Å². The number of allylic oxidation sites excluding steroid dienone is 3. The van der Waals surface area contributed by atoms with Gasteiger partial charge in [0.05, 0.1) is 0 Å². The van der Waals surface area contributed by atoms with E-state index in [1.807, 2.05) is 0 Å². The molecule has 0 N–H and O–H groups in total. The van der Waals surface area contributed by atoms with Gasteiger partial charge in [-0.05, 0) is 18.8 Å². The lowest BCUT2D eigenvalue weighted by molar-refractivity contribution is 0.796. The first kappa shape index (κ1) is 9.48. The van der Waals surface area contributed by atoms with E-state index in [-0.39, 0.29) is 0 Å². The van der Waals surface area contributed by atoms with Crippen LogP contribution in [0.5, 0.6) is 0 Å². The summed E-state index contributed by atoms with van der Waals surface area (Å²) in [6.45, 7) is 12.5. The summed E-state index contributed by atoms with van der Waals surface area (Å²) in [7, 11) is 0. The van der Waals surface area contributed by atoms with Crippen molar-refractivity contribution in [2.75, 3.05) is 0 Å². The van der Waals surface area contributed by atoms with Crippen LogP contribution in [0.25, 0.3) is 0 Å². The number of hydrogen-bond donors (Lipinski definition) is 0. The number of rotatable bonds is 3. The van der Waals surface area contributed by atoms with Gasteiger partial charge < -0.3 is 0 Å². The van der Waals surface area contributed by atoms with Crippen molar-refractivity contribution in [2.24, 2.45) is 11.8 Å². The summed E-state index contributed by atoms with van der Waals surface area (Å²) in [5.41, 5.74) is 1.23. The quantitative estimate of drug-likeness (QED) is 0.524. The van der Waals surface area contributed by atoms with Gasteiger partial charge in [0, 0.05) is 0 Å². The highest BCUT2D eigenvalue weighted by molar-refractivity contribution is 5.05. The summed E-state index contributed by atoms with van der Waals surface area (Å²) in [4.78, 5) is 0. The molecular formula is C10H18. The lowest BCUT2D eigenvalue weighted by Gasteiger charge is -2.04. The Kier molecular flexibility index (Phi) is 4.10. The van der Waals surface area contributed by atoms with Crippen LogP contribution in [0.4, 0.5) is 0 Å². The first-order valence-corrected chi connectivity index (χ1v) is 3.87. The van der Waals surface area contributed by atoms with Crippen LogP contribution in [0.2, 0.25) is 0 Å². The summed E-state index contributed by atoms with van der Waals surface area (Å²) in [6.07, 6.45) is 4.44. The predicted molar refractivity (Wildman–Crippen MR) is 48.0 cm³/mol. The van der Waals surface area contributed by atoms with E-state index in [2.05, 4.69) is 46.4 Å². The minimum Gasteiger partial charge on any atom is -0.0996 e. The molecule has 0 aromatic heterocycles. The molecule has 0 fully saturated rings. The molecule has 0 aliphatic carbocycles. The maximum Gasteiger partial charge on any atom is -0.00570 e. The summed E-state index contributed by atoms with van der Waals surface area (Å²) < 4.78 is 0. The third kappa shape index (κ3) is 4.37. The molecule has 58 valence electrons. The van der Waals surface area contributed by atoms with E-state index in [1.54, 1.807) is 0 Å².